The SMILES string of the molecule is [SiH3]c1ccccc1COCCl. The molecule has 1 rings (SSSR count). The van der Waals surface area contributed by atoms with Gasteiger partial charge in [0, 0.05) is 10.2 Å². The summed E-state index contributed by atoms with van der Waals surface area (Å²) < 4.78 is 5.09. The Morgan fingerprint density at radius 3 is 2.73 bits per heavy atom. The predicted molar refractivity (Wildman–Crippen MR) is 51.5 cm³/mol. The van der Waals surface area contributed by atoms with Crippen LogP contribution in [-0.4, -0.2) is 16.3 Å². The summed E-state index contributed by atoms with van der Waals surface area (Å²) >= 11 is 5.39. The first-order valence-corrected chi connectivity index (χ1v) is 5.06. The highest BCUT2D eigenvalue weighted by Gasteiger charge is 1.94. The van der Waals surface area contributed by atoms with Gasteiger partial charge in [-0.1, -0.05) is 41.1 Å². The van der Waals surface area contributed by atoms with Crippen molar-refractivity contribution in [1.82, 2.24) is 0 Å². The number of ether oxygens (including phenoxy) is 1. The van der Waals surface area contributed by atoms with Crippen molar-refractivity contribution >= 4 is 27.0 Å². The van der Waals surface area contributed by atoms with Gasteiger partial charge in [-0.15, -0.1) is 0 Å². The maximum atomic E-state index is 5.39. The van der Waals surface area contributed by atoms with Gasteiger partial charge in [0.2, 0.25) is 0 Å². The lowest BCUT2D eigenvalue weighted by molar-refractivity contribution is 0.166. The van der Waals surface area contributed by atoms with Gasteiger partial charge in [-0.05, 0) is 5.56 Å². The Bertz CT molecular complexity index is 227. The smallest absolute Gasteiger partial charge is 0.121 e. The minimum atomic E-state index is 0.274. The zero-order valence-corrected chi connectivity index (χ0v) is 9.27. The van der Waals surface area contributed by atoms with Crippen molar-refractivity contribution in [2.24, 2.45) is 0 Å². The average Bonchev–Trinajstić information content (AvgIpc) is 2.03. The van der Waals surface area contributed by atoms with Crippen LogP contribution in [0.5, 0.6) is 0 Å². The Hall–Kier alpha value is -0.313. The molecule has 0 saturated heterocycles. The van der Waals surface area contributed by atoms with Crippen LogP contribution in [0, 0.1) is 0 Å². The van der Waals surface area contributed by atoms with E-state index < -0.39 is 0 Å². The minimum absolute atomic E-state index is 0.274. The van der Waals surface area contributed by atoms with Gasteiger partial charge in [0.15, 0.2) is 0 Å². The highest BCUT2D eigenvalue weighted by molar-refractivity contribution is 6.33. The second kappa shape index (κ2) is 4.54. The van der Waals surface area contributed by atoms with Crippen LogP contribution < -0.4 is 5.19 Å². The fourth-order valence-electron chi connectivity index (χ4n) is 0.921. The van der Waals surface area contributed by atoms with Gasteiger partial charge in [-0.25, -0.2) is 0 Å². The molecule has 0 radical (unpaired) electrons. The fraction of sp³-hybridized carbons (Fsp3) is 0.250. The summed E-state index contributed by atoms with van der Waals surface area (Å²) in [5, 5.41) is 1.39. The third kappa shape index (κ3) is 2.65. The van der Waals surface area contributed by atoms with Gasteiger partial charge in [0.25, 0.3) is 0 Å². The second-order valence-corrected chi connectivity index (χ2v) is 3.68. The zero-order chi connectivity index (χ0) is 8.10. The van der Waals surface area contributed by atoms with Crippen molar-refractivity contribution < 1.29 is 4.74 Å². The van der Waals surface area contributed by atoms with Crippen LogP contribution in [-0.2, 0) is 11.3 Å². The number of hydrogen-bond acceptors (Lipinski definition) is 1. The van der Waals surface area contributed by atoms with Crippen molar-refractivity contribution in [2.45, 2.75) is 6.61 Å². The Kier molecular flexibility index (Phi) is 3.63. The molecule has 0 bridgehead atoms. The molecule has 1 nitrogen and oxygen atoms in total. The number of rotatable bonds is 3. The molecule has 0 spiro atoms. The summed E-state index contributed by atoms with van der Waals surface area (Å²) in [7, 11) is 1.07. The summed E-state index contributed by atoms with van der Waals surface area (Å²) in [5.74, 6) is 0. The molecule has 0 N–H and O–H groups in total. The quantitative estimate of drug-likeness (QED) is 0.491. The van der Waals surface area contributed by atoms with Crippen molar-refractivity contribution in [2.75, 3.05) is 6.07 Å². The van der Waals surface area contributed by atoms with Gasteiger partial charge < -0.3 is 4.74 Å². The molecule has 0 amide bonds. The highest BCUT2D eigenvalue weighted by Crippen LogP contribution is 1.97. The summed E-state index contributed by atoms with van der Waals surface area (Å²) in [6.45, 7) is 0.642. The molecule has 1 aromatic rings. The molecule has 0 unspecified atom stereocenters. The van der Waals surface area contributed by atoms with E-state index in [0.29, 0.717) is 6.61 Å². The minimum Gasteiger partial charge on any atom is -0.361 e. The van der Waals surface area contributed by atoms with Gasteiger partial charge in [-0.2, -0.15) is 0 Å². The van der Waals surface area contributed by atoms with Gasteiger partial charge in [0.05, 0.1) is 6.61 Å². The van der Waals surface area contributed by atoms with Crippen LogP contribution in [0.4, 0.5) is 0 Å². The first kappa shape index (κ1) is 8.78. The number of halogens is 1. The van der Waals surface area contributed by atoms with Gasteiger partial charge in [0.1, 0.15) is 6.07 Å². The molecule has 60 valence electrons. The van der Waals surface area contributed by atoms with E-state index in [1.807, 2.05) is 12.1 Å². The van der Waals surface area contributed by atoms with E-state index in [9.17, 15) is 0 Å². The Balaban J connectivity index is 2.62. The summed E-state index contributed by atoms with van der Waals surface area (Å²) in [4.78, 5) is 0. The van der Waals surface area contributed by atoms with Crippen LogP contribution in [0.15, 0.2) is 24.3 Å². The molecule has 0 aliphatic heterocycles. The molecule has 0 aliphatic carbocycles. The summed E-state index contributed by atoms with van der Waals surface area (Å²) in [6.07, 6.45) is 0. The summed E-state index contributed by atoms with van der Waals surface area (Å²) in [6, 6.07) is 8.55. The van der Waals surface area contributed by atoms with Crippen molar-refractivity contribution in [3.05, 3.63) is 29.8 Å². The predicted octanol–water partition coefficient (Wildman–Crippen LogP) is 0.390. The van der Waals surface area contributed by atoms with E-state index in [-0.39, 0.29) is 6.07 Å². The van der Waals surface area contributed by atoms with E-state index in [4.69, 9.17) is 16.3 Å². The van der Waals surface area contributed by atoms with Crippen molar-refractivity contribution in [1.29, 1.82) is 0 Å². The fourth-order valence-corrected chi connectivity index (χ4v) is 1.50. The third-order valence-corrected chi connectivity index (χ3v) is 2.73. The molecule has 0 atom stereocenters. The van der Waals surface area contributed by atoms with Crippen molar-refractivity contribution in [3.8, 4) is 0 Å². The van der Waals surface area contributed by atoms with E-state index in [1.54, 1.807) is 0 Å². The molecule has 0 fully saturated rings. The molecule has 11 heavy (non-hydrogen) atoms. The molecular weight excluding hydrogens is 176 g/mol. The first-order valence-electron chi connectivity index (χ1n) is 3.53. The Labute approximate surface area is 74.7 Å². The number of hydrogen-bond donors (Lipinski definition) is 0. The van der Waals surface area contributed by atoms with Crippen LogP contribution in [0.1, 0.15) is 5.56 Å². The maximum Gasteiger partial charge on any atom is 0.121 e. The third-order valence-electron chi connectivity index (χ3n) is 1.60. The van der Waals surface area contributed by atoms with E-state index in [2.05, 4.69) is 12.1 Å². The Morgan fingerprint density at radius 2 is 2.09 bits per heavy atom. The average molecular weight is 187 g/mol. The van der Waals surface area contributed by atoms with Gasteiger partial charge >= 0.3 is 0 Å². The van der Waals surface area contributed by atoms with Crippen LogP contribution >= 0.6 is 11.6 Å². The number of benzene rings is 1. The van der Waals surface area contributed by atoms with Crippen molar-refractivity contribution in [3.63, 3.8) is 0 Å². The first-order chi connectivity index (χ1) is 5.34. The topological polar surface area (TPSA) is 9.23 Å². The standard InChI is InChI=1S/C8H11ClOSi/c9-6-10-5-7-3-1-2-4-8(7)11/h1-4H,5-6H2,11H3. The molecule has 0 saturated carbocycles. The van der Waals surface area contributed by atoms with E-state index in [0.717, 1.165) is 10.2 Å². The van der Waals surface area contributed by atoms with Crippen LogP contribution in [0.3, 0.4) is 0 Å². The van der Waals surface area contributed by atoms with E-state index >= 15 is 0 Å². The normalized spacial score (nSPS) is 10.3. The molecule has 0 heterocycles. The van der Waals surface area contributed by atoms with Crippen LogP contribution in [0.2, 0.25) is 0 Å². The lowest BCUT2D eigenvalue weighted by Gasteiger charge is -2.03. The van der Waals surface area contributed by atoms with Crippen LogP contribution in [0.25, 0.3) is 0 Å². The maximum absolute atomic E-state index is 5.39. The molecule has 1 aromatic carbocycles. The largest absolute Gasteiger partial charge is 0.361 e. The zero-order valence-electron chi connectivity index (χ0n) is 6.51. The molecule has 3 heteroatoms. The van der Waals surface area contributed by atoms with Gasteiger partial charge in [-0.3, -0.25) is 0 Å². The summed E-state index contributed by atoms with van der Waals surface area (Å²) in [5.41, 5.74) is 1.26. The molecule has 0 aromatic heterocycles. The highest BCUT2D eigenvalue weighted by atomic mass is 35.5. The lowest BCUT2D eigenvalue weighted by atomic mass is 10.2. The lowest BCUT2D eigenvalue weighted by Crippen LogP contribution is -2.10. The number of alkyl halides is 1. The molecular formula is C8H11ClOSi. The van der Waals surface area contributed by atoms with E-state index in [1.165, 1.54) is 10.8 Å². The second-order valence-electron chi connectivity index (χ2n) is 2.38. The Morgan fingerprint density at radius 1 is 1.36 bits per heavy atom. The monoisotopic (exact) mass is 186 g/mol. The molecule has 0 aliphatic rings.